The highest BCUT2D eigenvalue weighted by Crippen LogP contribution is 2.25. The normalized spacial score (nSPS) is 30.7. The van der Waals surface area contributed by atoms with Gasteiger partial charge in [-0.1, -0.05) is 29.8 Å². The Balaban J connectivity index is 2.06. The first-order valence-corrected chi connectivity index (χ1v) is 5.56. The van der Waals surface area contributed by atoms with Gasteiger partial charge in [-0.3, -0.25) is 0 Å². The second-order valence-corrected chi connectivity index (χ2v) is 4.87. The molecule has 82 valence electrons. The van der Waals surface area contributed by atoms with Gasteiger partial charge in [0.2, 0.25) is 0 Å². The third kappa shape index (κ3) is 2.39. The predicted molar refractivity (Wildman–Crippen MR) is 61.9 cm³/mol. The van der Waals surface area contributed by atoms with Gasteiger partial charge in [0.1, 0.15) is 0 Å². The Morgan fingerprint density at radius 1 is 1.40 bits per heavy atom. The lowest BCUT2D eigenvalue weighted by Crippen LogP contribution is -2.34. The van der Waals surface area contributed by atoms with Gasteiger partial charge in [-0.05, 0) is 25.8 Å². The zero-order valence-corrected chi connectivity index (χ0v) is 9.46. The van der Waals surface area contributed by atoms with Gasteiger partial charge < -0.3 is 10.4 Å². The number of hydrogen-bond acceptors (Lipinski definition) is 2. The fourth-order valence-electron chi connectivity index (χ4n) is 2.16. The number of hydrogen-bond donors (Lipinski definition) is 2. The van der Waals surface area contributed by atoms with Gasteiger partial charge in [0, 0.05) is 19.0 Å². The van der Waals surface area contributed by atoms with Gasteiger partial charge in [-0.15, -0.1) is 0 Å². The smallest absolute Gasteiger partial charge is 0.0786 e. The zero-order chi connectivity index (χ0) is 10.9. The van der Waals surface area contributed by atoms with Crippen molar-refractivity contribution >= 4 is 0 Å². The van der Waals surface area contributed by atoms with Crippen molar-refractivity contribution in [3.05, 3.63) is 35.4 Å². The maximum absolute atomic E-state index is 10.1. The van der Waals surface area contributed by atoms with Crippen LogP contribution in [0.1, 0.15) is 18.1 Å². The van der Waals surface area contributed by atoms with E-state index >= 15 is 0 Å². The van der Waals surface area contributed by atoms with Crippen LogP contribution in [0.2, 0.25) is 0 Å². The van der Waals surface area contributed by atoms with E-state index in [0.717, 1.165) is 13.0 Å². The first-order valence-electron chi connectivity index (χ1n) is 5.56. The van der Waals surface area contributed by atoms with E-state index in [1.54, 1.807) is 0 Å². The number of benzene rings is 1. The van der Waals surface area contributed by atoms with E-state index in [1.165, 1.54) is 11.1 Å². The standard InChI is InChI=1S/C13H19NO/c1-10-3-5-11(6-4-10)7-12-8-14-9-13(12,2)15/h3-6,12,14-15H,7-9H2,1-2H3. The van der Waals surface area contributed by atoms with Gasteiger partial charge >= 0.3 is 0 Å². The molecule has 1 aromatic carbocycles. The summed E-state index contributed by atoms with van der Waals surface area (Å²) in [4.78, 5) is 0. The maximum Gasteiger partial charge on any atom is 0.0786 e. The Morgan fingerprint density at radius 3 is 2.60 bits per heavy atom. The molecule has 0 amide bonds. The van der Waals surface area contributed by atoms with E-state index in [2.05, 4.69) is 36.5 Å². The molecule has 0 spiro atoms. The molecule has 2 atom stereocenters. The molecule has 1 aliphatic heterocycles. The topological polar surface area (TPSA) is 32.3 Å². The van der Waals surface area contributed by atoms with Gasteiger partial charge in [-0.25, -0.2) is 0 Å². The summed E-state index contributed by atoms with van der Waals surface area (Å²) in [5, 5.41) is 13.4. The minimum Gasteiger partial charge on any atom is -0.389 e. The number of nitrogens with one attached hydrogen (secondary N) is 1. The monoisotopic (exact) mass is 205 g/mol. The lowest BCUT2D eigenvalue weighted by Gasteiger charge is -2.24. The molecule has 2 N–H and O–H groups in total. The van der Waals surface area contributed by atoms with Crippen LogP contribution in [0.3, 0.4) is 0 Å². The molecule has 0 aromatic heterocycles. The fraction of sp³-hybridized carbons (Fsp3) is 0.538. The number of rotatable bonds is 2. The van der Waals surface area contributed by atoms with Crippen LogP contribution in [0.15, 0.2) is 24.3 Å². The van der Waals surface area contributed by atoms with Gasteiger partial charge in [0.15, 0.2) is 0 Å². The summed E-state index contributed by atoms with van der Waals surface area (Å²) in [6.07, 6.45) is 0.959. The third-order valence-corrected chi connectivity index (χ3v) is 3.36. The van der Waals surface area contributed by atoms with Crippen molar-refractivity contribution < 1.29 is 5.11 Å². The molecule has 1 aromatic rings. The van der Waals surface area contributed by atoms with E-state index in [9.17, 15) is 5.11 Å². The molecule has 0 aliphatic carbocycles. The van der Waals surface area contributed by atoms with Crippen LogP contribution >= 0.6 is 0 Å². The summed E-state index contributed by atoms with van der Waals surface area (Å²) < 4.78 is 0. The number of aryl methyl sites for hydroxylation is 1. The van der Waals surface area contributed by atoms with Crippen LogP contribution in [-0.2, 0) is 6.42 Å². The Bertz CT molecular complexity index is 329. The second-order valence-electron chi connectivity index (χ2n) is 4.87. The van der Waals surface area contributed by atoms with E-state index in [-0.39, 0.29) is 0 Å². The van der Waals surface area contributed by atoms with Crippen molar-refractivity contribution in [3.8, 4) is 0 Å². The van der Waals surface area contributed by atoms with Crippen molar-refractivity contribution in [1.82, 2.24) is 5.32 Å². The van der Waals surface area contributed by atoms with Crippen LogP contribution in [0.5, 0.6) is 0 Å². The highest BCUT2D eigenvalue weighted by atomic mass is 16.3. The minimum atomic E-state index is -0.551. The molecule has 1 heterocycles. The lowest BCUT2D eigenvalue weighted by atomic mass is 9.87. The summed E-state index contributed by atoms with van der Waals surface area (Å²) in [6.45, 7) is 5.65. The lowest BCUT2D eigenvalue weighted by molar-refractivity contribution is 0.0363. The van der Waals surface area contributed by atoms with Crippen LogP contribution < -0.4 is 5.32 Å². The average molecular weight is 205 g/mol. The zero-order valence-electron chi connectivity index (χ0n) is 9.46. The summed E-state index contributed by atoms with van der Waals surface area (Å²) in [5.41, 5.74) is 2.05. The van der Waals surface area contributed by atoms with Crippen LogP contribution in [-0.4, -0.2) is 23.8 Å². The molecular formula is C13H19NO. The fourth-order valence-corrected chi connectivity index (χ4v) is 2.16. The first kappa shape index (κ1) is 10.7. The molecule has 0 radical (unpaired) electrons. The number of β-amino-alcohol motifs (C(OH)–C–C–N with tert-alkyl or cyclic N) is 1. The molecule has 1 fully saturated rings. The van der Waals surface area contributed by atoms with E-state index in [1.807, 2.05) is 6.92 Å². The van der Waals surface area contributed by atoms with Crippen molar-refractivity contribution in [2.75, 3.05) is 13.1 Å². The molecule has 1 saturated heterocycles. The number of aliphatic hydroxyl groups is 1. The summed E-state index contributed by atoms with van der Waals surface area (Å²) in [6, 6.07) is 8.58. The summed E-state index contributed by atoms with van der Waals surface area (Å²) in [7, 11) is 0. The Morgan fingerprint density at radius 2 is 2.07 bits per heavy atom. The quantitative estimate of drug-likeness (QED) is 0.767. The third-order valence-electron chi connectivity index (χ3n) is 3.36. The highest BCUT2D eigenvalue weighted by Gasteiger charge is 2.36. The predicted octanol–water partition coefficient (Wildman–Crippen LogP) is 1.51. The van der Waals surface area contributed by atoms with Gasteiger partial charge in [0.05, 0.1) is 5.60 Å². The highest BCUT2D eigenvalue weighted by molar-refractivity contribution is 5.22. The molecule has 1 aliphatic rings. The van der Waals surface area contributed by atoms with Crippen molar-refractivity contribution in [2.45, 2.75) is 25.9 Å². The Hall–Kier alpha value is -0.860. The summed E-state index contributed by atoms with van der Waals surface area (Å²) in [5.74, 6) is 0.334. The molecule has 15 heavy (non-hydrogen) atoms. The Kier molecular flexibility index (Phi) is 2.81. The molecule has 0 bridgehead atoms. The molecule has 0 saturated carbocycles. The van der Waals surface area contributed by atoms with Crippen molar-refractivity contribution in [3.63, 3.8) is 0 Å². The molecule has 2 nitrogen and oxygen atoms in total. The average Bonchev–Trinajstić information content (AvgIpc) is 2.50. The van der Waals surface area contributed by atoms with Crippen molar-refractivity contribution in [2.24, 2.45) is 5.92 Å². The van der Waals surface area contributed by atoms with Crippen molar-refractivity contribution in [1.29, 1.82) is 0 Å². The van der Waals surface area contributed by atoms with E-state index in [4.69, 9.17) is 0 Å². The minimum absolute atomic E-state index is 0.334. The van der Waals surface area contributed by atoms with Gasteiger partial charge in [0.25, 0.3) is 0 Å². The largest absolute Gasteiger partial charge is 0.389 e. The van der Waals surface area contributed by atoms with Crippen LogP contribution in [0, 0.1) is 12.8 Å². The molecule has 2 rings (SSSR count). The molecule has 2 unspecified atom stereocenters. The van der Waals surface area contributed by atoms with Crippen LogP contribution in [0.25, 0.3) is 0 Å². The van der Waals surface area contributed by atoms with Crippen LogP contribution in [0.4, 0.5) is 0 Å². The van der Waals surface area contributed by atoms with E-state index in [0.29, 0.717) is 12.5 Å². The van der Waals surface area contributed by atoms with E-state index < -0.39 is 5.60 Å². The second kappa shape index (κ2) is 3.95. The maximum atomic E-state index is 10.1. The molecular weight excluding hydrogens is 186 g/mol. The SMILES string of the molecule is Cc1ccc(CC2CNCC2(C)O)cc1. The Labute approximate surface area is 91.3 Å². The summed E-state index contributed by atoms with van der Waals surface area (Å²) >= 11 is 0. The first-order chi connectivity index (χ1) is 7.08. The van der Waals surface area contributed by atoms with Gasteiger partial charge in [-0.2, -0.15) is 0 Å². The molecule has 2 heteroatoms.